The summed E-state index contributed by atoms with van der Waals surface area (Å²) in [6.07, 6.45) is 2.69. The van der Waals surface area contributed by atoms with Gasteiger partial charge in [-0.05, 0) is 35.4 Å². The molecule has 0 radical (unpaired) electrons. The van der Waals surface area contributed by atoms with Gasteiger partial charge in [0.2, 0.25) is 0 Å². The number of ether oxygens (including phenoxy) is 2. The van der Waals surface area contributed by atoms with Gasteiger partial charge in [0.1, 0.15) is 37.0 Å². The molecule has 3 aromatic rings. The van der Waals surface area contributed by atoms with Crippen molar-refractivity contribution in [2.24, 2.45) is 0 Å². The van der Waals surface area contributed by atoms with Crippen LogP contribution in [0, 0.1) is 5.82 Å². The van der Waals surface area contributed by atoms with Gasteiger partial charge in [-0.3, -0.25) is 0 Å². The lowest BCUT2D eigenvalue weighted by atomic mass is 9.84. The molecule has 25 heavy (non-hydrogen) atoms. The predicted octanol–water partition coefficient (Wildman–Crippen LogP) is 3.71. The highest BCUT2D eigenvalue weighted by Crippen LogP contribution is 2.46. The molecule has 1 saturated heterocycles. The molecule has 4 rings (SSSR count). The molecule has 7 heteroatoms. The molecule has 2 atom stereocenters. The van der Waals surface area contributed by atoms with E-state index in [0.717, 1.165) is 11.1 Å². The van der Waals surface area contributed by atoms with Gasteiger partial charge in [-0.1, -0.05) is 35.9 Å². The smallest absolute Gasteiger partial charge is 0.149 e. The van der Waals surface area contributed by atoms with E-state index in [1.54, 1.807) is 23.1 Å². The van der Waals surface area contributed by atoms with E-state index in [-0.39, 0.29) is 18.7 Å². The molecule has 0 bridgehead atoms. The number of nitrogens with zero attached hydrogens (tertiary/aromatic N) is 3. The quantitative estimate of drug-likeness (QED) is 0.712. The van der Waals surface area contributed by atoms with Crippen LogP contribution >= 0.6 is 11.6 Å². The van der Waals surface area contributed by atoms with Crippen LogP contribution in [0.3, 0.4) is 0 Å². The molecule has 1 aliphatic rings. The first kappa shape index (κ1) is 16.2. The second kappa shape index (κ2) is 6.55. The summed E-state index contributed by atoms with van der Waals surface area (Å²) in [4.78, 5) is 3.99. The van der Waals surface area contributed by atoms with E-state index in [1.165, 1.54) is 18.5 Å². The Morgan fingerprint density at radius 2 is 1.92 bits per heavy atom. The van der Waals surface area contributed by atoms with Crippen molar-refractivity contribution in [3.05, 3.63) is 83.2 Å². The summed E-state index contributed by atoms with van der Waals surface area (Å²) < 4.78 is 27.1. The minimum Gasteiger partial charge on any atom is -0.344 e. The molecule has 0 amide bonds. The van der Waals surface area contributed by atoms with Gasteiger partial charge in [-0.2, -0.15) is 5.10 Å². The molecule has 0 N–H and O–H groups in total. The molecule has 2 aromatic carbocycles. The molecule has 2 heterocycles. The van der Waals surface area contributed by atoms with Gasteiger partial charge in [0.15, 0.2) is 0 Å². The summed E-state index contributed by atoms with van der Waals surface area (Å²) in [5, 5.41) is 4.83. The van der Waals surface area contributed by atoms with E-state index in [0.29, 0.717) is 11.6 Å². The summed E-state index contributed by atoms with van der Waals surface area (Å²) in [6.45, 7) is 0.505. The van der Waals surface area contributed by atoms with Gasteiger partial charge in [0, 0.05) is 5.02 Å². The second-order valence-electron chi connectivity index (χ2n) is 5.85. The van der Waals surface area contributed by atoms with E-state index >= 15 is 0 Å². The summed E-state index contributed by atoms with van der Waals surface area (Å²) in [5.41, 5.74) is 0.878. The Bertz CT molecular complexity index is 840. The van der Waals surface area contributed by atoms with Crippen LogP contribution in [0.15, 0.2) is 61.2 Å². The first-order chi connectivity index (χ1) is 12.2. The molecule has 5 nitrogen and oxygen atoms in total. The zero-order chi connectivity index (χ0) is 17.3. The SMILES string of the molecule is Fc1ccc(C2(Cn3cncn3)OCOC2c2ccc(Cl)cc2)cc1. The Labute approximate surface area is 149 Å². The molecule has 128 valence electrons. The molecule has 0 spiro atoms. The van der Waals surface area contributed by atoms with Crippen LogP contribution in [0.4, 0.5) is 4.39 Å². The van der Waals surface area contributed by atoms with E-state index in [1.807, 2.05) is 24.3 Å². The van der Waals surface area contributed by atoms with Crippen LogP contribution in [0.5, 0.6) is 0 Å². The van der Waals surface area contributed by atoms with Gasteiger partial charge < -0.3 is 9.47 Å². The van der Waals surface area contributed by atoms with Crippen molar-refractivity contribution < 1.29 is 13.9 Å². The number of rotatable bonds is 4. The maximum atomic E-state index is 13.4. The van der Waals surface area contributed by atoms with E-state index < -0.39 is 5.60 Å². The van der Waals surface area contributed by atoms with Gasteiger partial charge in [-0.15, -0.1) is 0 Å². The normalized spacial score (nSPS) is 23.0. The van der Waals surface area contributed by atoms with Crippen molar-refractivity contribution in [1.29, 1.82) is 0 Å². The van der Waals surface area contributed by atoms with Gasteiger partial charge in [0.25, 0.3) is 0 Å². The maximum absolute atomic E-state index is 13.4. The maximum Gasteiger partial charge on any atom is 0.149 e. The summed E-state index contributed by atoms with van der Waals surface area (Å²) in [7, 11) is 0. The van der Waals surface area contributed by atoms with E-state index in [9.17, 15) is 4.39 Å². The number of benzene rings is 2. The second-order valence-corrected chi connectivity index (χ2v) is 6.29. The van der Waals surface area contributed by atoms with Crippen molar-refractivity contribution in [3.63, 3.8) is 0 Å². The van der Waals surface area contributed by atoms with E-state index in [4.69, 9.17) is 21.1 Å². The largest absolute Gasteiger partial charge is 0.344 e. The van der Waals surface area contributed by atoms with Crippen LogP contribution in [-0.4, -0.2) is 21.6 Å². The molecular weight excluding hydrogens is 345 g/mol. The first-order valence-corrected chi connectivity index (χ1v) is 8.15. The third-order valence-electron chi connectivity index (χ3n) is 4.34. The van der Waals surface area contributed by atoms with Gasteiger partial charge in [-0.25, -0.2) is 14.1 Å². The highest BCUT2D eigenvalue weighted by Gasteiger charge is 2.48. The van der Waals surface area contributed by atoms with Crippen LogP contribution in [-0.2, 0) is 21.6 Å². The van der Waals surface area contributed by atoms with Crippen LogP contribution in [0.1, 0.15) is 17.2 Å². The standard InChI is InChI=1S/C18H15ClFN3O2/c19-15-5-1-13(2-6-15)17-18(25-12-24-17,9-23-11-21-10-22-23)14-3-7-16(20)8-4-14/h1-8,10-11,17H,9,12H2. The summed E-state index contributed by atoms with van der Waals surface area (Å²) in [5.74, 6) is -0.304. The molecule has 0 aliphatic carbocycles. The van der Waals surface area contributed by atoms with Crippen molar-refractivity contribution in [2.75, 3.05) is 6.79 Å². The third-order valence-corrected chi connectivity index (χ3v) is 4.60. The highest BCUT2D eigenvalue weighted by molar-refractivity contribution is 6.30. The van der Waals surface area contributed by atoms with Crippen molar-refractivity contribution in [2.45, 2.75) is 18.2 Å². The third kappa shape index (κ3) is 3.04. The first-order valence-electron chi connectivity index (χ1n) is 7.77. The monoisotopic (exact) mass is 359 g/mol. The Morgan fingerprint density at radius 3 is 2.60 bits per heavy atom. The number of hydrogen-bond donors (Lipinski definition) is 0. The summed E-state index contributed by atoms with van der Waals surface area (Å²) >= 11 is 6.00. The van der Waals surface area contributed by atoms with Gasteiger partial charge >= 0.3 is 0 Å². The average molecular weight is 360 g/mol. The highest BCUT2D eigenvalue weighted by atomic mass is 35.5. The minimum atomic E-state index is -0.852. The Kier molecular flexibility index (Phi) is 4.25. The predicted molar refractivity (Wildman–Crippen MR) is 89.3 cm³/mol. The van der Waals surface area contributed by atoms with Crippen LogP contribution in [0.2, 0.25) is 5.02 Å². The van der Waals surface area contributed by atoms with Crippen molar-refractivity contribution in [1.82, 2.24) is 14.8 Å². The zero-order valence-electron chi connectivity index (χ0n) is 13.2. The number of hydrogen-bond acceptors (Lipinski definition) is 4. The number of aromatic nitrogens is 3. The lowest BCUT2D eigenvalue weighted by Crippen LogP contribution is -2.36. The lowest BCUT2D eigenvalue weighted by molar-refractivity contribution is -0.0297. The fourth-order valence-corrected chi connectivity index (χ4v) is 3.29. The molecule has 1 aromatic heterocycles. The van der Waals surface area contributed by atoms with Crippen LogP contribution in [0.25, 0.3) is 0 Å². The molecule has 1 aliphatic heterocycles. The van der Waals surface area contributed by atoms with Crippen molar-refractivity contribution in [3.8, 4) is 0 Å². The van der Waals surface area contributed by atoms with Gasteiger partial charge in [0.05, 0.1) is 6.54 Å². The summed E-state index contributed by atoms with van der Waals surface area (Å²) in [6, 6.07) is 13.7. The molecule has 2 unspecified atom stereocenters. The fourth-order valence-electron chi connectivity index (χ4n) is 3.16. The average Bonchev–Trinajstić information content (AvgIpc) is 3.27. The lowest BCUT2D eigenvalue weighted by Gasteiger charge is -2.33. The Balaban J connectivity index is 1.80. The van der Waals surface area contributed by atoms with Crippen molar-refractivity contribution >= 4 is 11.6 Å². The fraction of sp³-hybridized carbons (Fsp3) is 0.222. The Morgan fingerprint density at radius 1 is 1.16 bits per heavy atom. The molecule has 1 fully saturated rings. The topological polar surface area (TPSA) is 49.2 Å². The Hall–Kier alpha value is -2.28. The van der Waals surface area contributed by atoms with Crippen LogP contribution < -0.4 is 0 Å². The minimum absolute atomic E-state index is 0.124. The molecular formula is C18H15ClFN3O2. The zero-order valence-corrected chi connectivity index (χ0v) is 13.9. The van der Waals surface area contributed by atoms with E-state index in [2.05, 4.69) is 10.1 Å². The number of halogens is 2. The molecule has 0 saturated carbocycles.